The van der Waals surface area contributed by atoms with E-state index in [1.807, 2.05) is 12.1 Å². The first kappa shape index (κ1) is 36.2. The number of aliphatic hydroxyl groups is 1. The standard InChI is InChI=1S/C35H46N4O7.ClH/c1-3-4-18-39-32(42)29(30(40)24-8-6-5-7-9-24)37-34(45)35(39)16-19-38(20-17-35)22-23-10-12-25(13-11-23)31(41)36-27-15-14-26(33(43)44)21-28(27)46-2;/h10-15,21,24,29-30,40H,3-9,16-20,22H2,1-2H3,(H,36,41)(H,37,45)(H,43,44);1H/t29-,30-;/m1./s1. The molecule has 1 aliphatic carbocycles. The van der Waals surface area contributed by atoms with Crippen molar-refractivity contribution in [2.24, 2.45) is 5.92 Å². The molecular formula is C35H47ClN4O7. The van der Waals surface area contributed by atoms with Gasteiger partial charge in [0.05, 0.1) is 24.5 Å². The fourth-order valence-corrected chi connectivity index (χ4v) is 7.18. The molecule has 0 radical (unpaired) electrons. The minimum atomic E-state index is -1.08. The van der Waals surface area contributed by atoms with E-state index < -0.39 is 23.7 Å². The van der Waals surface area contributed by atoms with Crippen LogP contribution in [0.3, 0.4) is 0 Å². The Morgan fingerprint density at radius 3 is 2.32 bits per heavy atom. The van der Waals surface area contributed by atoms with E-state index in [0.29, 0.717) is 50.3 Å². The number of benzene rings is 2. The number of aliphatic hydroxyl groups excluding tert-OH is 1. The fourth-order valence-electron chi connectivity index (χ4n) is 7.18. The summed E-state index contributed by atoms with van der Waals surface area (Å²) in [6.45, 7) is 4.48. The summed E-state index contributed by atoms with van der Waals surface area (Å²) in [5.41, 5.74) is 0.983. The van der Waals surface area contributed by atoms with E-state index in [0.717, 1.165) is 50.5 Å². The Balaban J connectivity index is 0.00000500. The molecule has 2 atom stereocenters. The molecule has 3 aliphatic rings. The number of carboxylic acid groups (broad SMARTS) is 1. The van der Waals surface area contributed by atoms with Crippen LogP contribution < -0.4 is 15.4 Å². The first-order valence-electron chi connectivity index (χ1n) is 16.5. The highest BCUT2D eigenvalue weighted by molar-refractivity contribution is 6.05. The van der Waals surface area contributed by atoms with Gasteiger partial charge in [0, 0.05) is 31.7 Å². The summed E-state index contributed by atoms with van der Waals surface area (Å²) in [6, 6.07) is 10.7. The van der Waals surface area contributed by atoms with Gasteiger partial charge in [-0.1, -0.05) is 44.7 Å². The van der Waals surface area contributed by atoms with Crippen LogP contribution in [0.5, 0.6) is 5.75 Å². The average molecular weight is 671 g/mol. The maximum Gasteiger partial charge on any atom is 0.335 e. The monoisotopic (exact) mass is 670 g/mol. The van der Waals surface area contributed by atoms with Crippen molar-refractivity contribution in [3.63, 3.8) is 0 Å². The molecule has 4 N–H and O–H groups in total. The summed E-state index contributed by atoms with van der Waals surface area (Å²) < 4.78 is 5.26. The van der Waals surface area contributed by atoms with E-state index in [1.54, 1.807) is 17.0 Å². The number of carboxylic acids is 1. The van der Waals surface area contributed by atoms with Crippen molar-refractivity contribution < 1.29 is 34.1 Å². The number of aromatic carboxylic acids is 1. The number of amides is 3. The lowest BCUT2D eigenvalue weighted by atomic mass is 9.78. The van der Waals surface area contributed by atoms with Crippen LogP contribution in [0.2, 0.25) is 0 Å². The summed E-state index contributed by atoms with van der Waals surface area (Å²) in [6.07, 6.45) is 6.90. The summed E-state index contributed by atoms with van der Waals surface area (Å²) >= 11 is 0. The molecule has 0 aromatic heterocycles. The predicted molar refractivity (Wildman–Crippen MR) is 180 cm³/mol. The van der Waals surface area contributed by atoms with Gasteiger partial charge < -0.3 is 30.5 Å². The number of hydrogen-bond acceptors (Lipinski definition) is 7. The lowest BCUT2D eigenvalue weighted by Gasteiger charge is -2.52. The van der Waals surface area contributed by atoms with Gasteiger partial charge in [0.2, 0.25) is 11.8 Å². The Labute approximate surface area is 282 Å². The first-order chi connectivity index (χ1) is 22.2. The second kappa shape index (κ2) is 16.0. The Kier molecular flexibility index (Phi) is 12.3. The smallest absolute Gasteiger partial charge is 0.335 e. The maximum atomic E-state index is 13.9. The van der Waals surface area contributed by atoms with Gasteiger partial charge in [0.25, 0.3) is 5.91 Å². The Bertz CT molecular complexity index is 1420. The van der Waals surface area contributed by atoms with E-state index in [2.05, 4.69) is 22.5 Å². The zero-order chi connectivity index (χ0) is 32.8. The van der Waals surface area contributed by atoms with Gasteiger partial charge in [-0.25, -0.2) is 4.79 Å². The molecule has 2 saturated heterocycles. The lowest BCUT2D eigenvalue weighted by molar-refractivity contribution is -0.166. The number of piperidine rings is 1. The highest BCUT2D eigenvalue weighted by Crippen LogP contribution is 2.36. The third-order valence-electron chi connectivity index (χ3n) is 9.97. The normalized spacial score (nSPS) is 20.7. The number of ether oxygens (including phenoxy) is 1. The number of hydrogen-bond donors (Lipinski definition) is 4. The van der Waals surface area contributed by atoms with Crippen LogP contribution in [0.25, 0.3) is 0 Å². The topological polar surface area (TPSA) is 149 Å². The Morgan fingerprint density at radius 1 is 1.04 bits per heavy atom. The van der Waals surface area contributed by atoms with Crippen LogP contribution in [0.1, 0.15) is 91.0 Å². The van der Waals surface area contributed by atoms with Gasteiger partial charge in [-0.2, -0.15) is 0 Å². The number of likely N-dealkylation sites (tertiary alicyclic amines) is 1. The van der Waals surface area contributed by atoms with Gasteiger partial charge in [0.1, 0.15) is 17.3 Å². The summed E-state index contributed by atoms with van der Waals surface area (Å²) in [5, 5.41) is 26.1. The van der Waals surface area contributed by atoms with Crippen molar-refractivity contribution >= 4 is 41.8 Å². The summed E-state index contributed by atoms with van der Waals surface area (Å²) in [4.78, 5) is 55.8. The Morgan fingerprint density at radius 2 is 1.70 bits per heavy atom. The van der Waals surface area contributed by atoms with Crippen LogP contribution >= 0.6 is 12.4 Å². The van der Waals surface area contributed by atoms with Crippen LogP contribution in [0.15, 0.2) is 42.5 Å². The molecule has 1 saturated carbocycles. The number of halogens is 1. The van der Waals surface area contributed by atoms with Crippen molar-refractivity contribution in [2.75, 3.05) is 32.1 Å². The Hall–Kier alpha value is -3.67. The van der Waals surface area contributed by atoms with Gasteiger partial charge in [0.15, 0.2) is 0 Å². The molecule has 3 amide bonds. The van der Waals surface area contributed by atoms with Gasteiger partial charge >= 0.3 is 5.97 Å². The number of nitrogens with one attached hydrogen (secondary N) is 2. The predicted octanol–water partition coefficient (Wildman–Crippen LogP) is 4.47. The van der Waals surface area contributed by atoms with Gasteiger partial charge in [-0.3, -0.25) is 19.3 Å². The molecule has 5 rings (SSSR count). The molecule has 47 heavy (non-hydrogen) atoms. The number of nitrogens with zero attached hydrogens (tertiary/aromatic N) is 2. The molecule has 0 bridgehead atoms. The highest BCUT2D eigenvalue weighted by Gasteiger charge is 2.55. The number of carbonyl (C=O) groups is 4. The minimum Gasteiger partial charge on any atom is -0.495 e. The summed E-state index contributed by atoms with van der Waals surface area (Å²) in [5.74, 6) is -1.43. The van der Waals surface area contributed by atoms with Crippen LogP contribution in [0, 0.1) is 5.92 Å². The molecule has 1 spiro atoms. The van der Waals surface area contributed by atoms with Crippen molar-refractivity contribution in [1.82, 2.24) is 15.1 Å². The molecule has 2 aromatic rings. The molecule has 11 nitrogen and oxygen atoms in total. The van der Waals surface area contributed by atoms with E-state index in [1.165, 1.54) is 25.3 Å². The minimum absolute atomic E-state index is 0. The van der Waals surface area contributed by atoms with E-state index in [4.69, 9.17) is 4.74 Å². The lowest BCUT2D eigenvalue weighted by Crippen LogP contribution is -2.75. The van der Waals surface area contributed by atoms with Crippen molar-refractivity contribution in [3.05, 3.63) is 59.2 Å². The molecule has 2 aromatic carbocycles. The van der Waals surface area contributed by atoms with Crippen LogP contribution in [0.4, 0.5) is 5.69 Å². The number of unbranched alkanes of at least 4 members (excludes halogenated alkanes) is 1. The third-order valence-corrected chi connectivity index (χ3v) is 9.97. The average Bonchev–Trinajstić information content (AvgIpc) is 3.07. The first-order valence-corrected chi connectivity index (χ1v) is 16.5. The second-order valence-electron chi connectivity index (χ2n) is 12.9. The maximum absolute atomic E-state index is 13.9. The van der Waals surface area contributed by atoms with Crippen molar-refractivity contribution in [3.8, 4) is 5.75 Å². The van der Waals surface area contributed by atoms with Crippen molar-refractivity contribution in [1.29, 1.82) is 0 Å². The molecule has 12 heteroatoms. The summed E-state index contributed by atoms with van der Waals surface area (Å²) in [7, 11) is 1.41. The number of methoxy groups -OCH3 is 1. The molecule has 256 valence electrons. The number of rotatable bonds is 11. The highest BCUT2D eigenvalue weighted by atomic mass is 35.5. The van der Waals surface area contributed by atoms with E-state index in [-0.39, 0.29) is 47.4 Å². The third kappa shape index (κ3) is 7.90. The quantitative estimate of drug-likeness (QED) is 0.274. The molecule has 2 heterocycles. The van der Waals surface area contributed by atoms with Crippen molar-refractivity contribution in [2.45, 2.75) is 88.9 Å². The van der Waals surface area contributed by atoms with Crippen LogP contribution in [-0.2, 0) is 16.1 Å². The van der Waals surface area contributed by atoms with Gasteiger partial charge in [-0.15, -0.1) is 12.4 Å². The van der Waals surface area contributed by atoms with E-state index >= 15 is 0 Å². The number of piperazine rings is 1. The molecule has 3 fully saturated rings. The second-order valence-corrected chi connectivity index (χ2v) is 12.9. The molecular weight excluding hydrogens is 624 g/mol. The largest absolute Gasteiger partial charge is 0.495 e. The molecule has 2 aliphatic heterocycles. The van der Waals surface area contributed by atoms with Gasteiger partial charge in [-0.05, 0) is 73.9 Å². The zero-order valence-electron chi connectivity index (χ0n) is 27.2. The molecule has 0 unspecified atom stereocenters. The van der Waals surface area contributed by atoms with E-state index in [9.17, 15) is 29.4 Å². The SMILES string of the molecule is CCCCN1C(=O)[C@@H]([C@H](O)C2CCCCC2)NC(=O)C12CCN(Cc1ccc(C(=O)Nc3ccc(C(=O)O)cc3OC)cc1)CC2.Cl. The number of carbonyl (C=O) groups excluding carboxylic acids is 3. The fraction of sp³-hybridized carbons (Fsp3) is 0.543. The number of anilines is 1. The zero-order valence-corrected chi connectivity index (χ0v) is 28.0. The van der Waals surface area contributed by atoms with Crippen LogP contribution in [-0.4, -0.2) is 88.1 Å².